The molecule has 0 aliphatic carbocycles. The molecule has 0 aromatic rings. The minimum atomic E-state index is 0.323. The predicted octanol–water partition coefficient (Wildman–Crippen LogP) is 2.25. The first-order valence-corrected chi connectivity index (χ1v) is 6.89. The first kappa shape index (κ1) is 14.9. The smallest absolute Gasteiger partial charge is 0.0678 e. The van der Waals surface area contributed by atoms with Gasteiger partial charge in [-0.1, -0.05) is 20.8 Å². The summed E-state index contributed by atoms with van der Waals surface area (Å²) >= 11 is 0. The van der Waals surface area contributed by atoms with Crippen molar-refractivity contribution in [1.82, 2.24) is 4.90 Å². The Morgan fingerprint density at radius 2 is 1.76 bits per heavy atom. The van der Waals surface area contributed by atoms with Gasteiger partial charge in [-0.05, 0) is 38.6 Å². The van der Waals surface area contributed by atoms with Gasteiger partial charge in [0.1, 0.15) is 0 Å². The van der Waals surface area contributed by atoms with E-state index in [1.165, 1.54) is 0 Å². The van der Waals surface area contributed by atoms with Crippen molar-refractivity contribution in [3.05, 3.63) is 0 Å². The highest BCUT2D eigenvalue weighted by Crippen LogP contribution is 2.21. The number of hydrogen-bond acceptors (Lipinski definition) is 3. The van der Waals surface area contributed by atoms with E-state index in [2.05, 4.69) is 39.5 Å². The molecular formula is C14H30N2O. The standard InChI is InChI=1S/C14H30N2O/c1-11-9-16(10-12(2)17-11)7-6-13(15)8-14(3,4)5/h11-13H,6-10,15H2,1-5H3. The highest BCUT2D eigenvalue weighted by Gasteiger charge is 2.23. The van der Waals surface area contributed by atoms with Gasteiger partial charge in [0.25, 0.3) is 0 Å². The summed E-state index contributed by atoms with van der Waals surface area (Å²) < 4.78 is 5.73. The summed E-state index contributed by atoms with van der Waals surface area (Å²) in [5, 5.41) is 0. The molecule has 3 nitrogen and oxygen atoms in total. The van der Waals surface area contributed by atoms with Crippen molar-refractivity contribution in [3.8, 4) is 0 Å². The van der Waals surface area contributed by atoms with Crippen molar-refractivity contribution in [2.24, 2.45) is 11.1 Å². The first-order valence-electron chi connectivity index (χ1n) is 6.89. The Labute approximate surface area is 107 Å². The molecule has 1 rings (SSSR count). The maximum Gasteiger partial charge on any atom is 0.0678 e. The fourth-order valence-corrected chi connectivity index (χ4v) is 2.70. The van der Waals surface area contributed by atoms with Gasteiger partial charge in [0.15, 0.2) is 0 Å². The maximum absolute atomic E-state index is 6.19. The third-order valence-electron chi connectivity index (χ3n) is 3.19. The summed E-state index contributed by atoms with van der Waals surface area (Å²) in [5.74, 6) is 0. The van der Waals surface area contributed by atoms with Gasteiger partial charge in [0.05, 0.1) is 12.2 Å². The van der Waals surface area contributed by atoms with E-state index < -0.39 is 0 Å². The highest BCUT2D eigenvalue weighted by atomic mass is 16.5. The van der Waals surface area contributed by atoms with E-state index in [0.29, 0.717) is 23.7 Å². The Kier molecular flexibility index (Phi) is 5.42. The molecule has 1 aliphatic heterocycles. The predicted molar refractivity (Wildman–Crippen MR) is 73.1 cm³/mol. The van der Waals surface area contributed by atoms with Crippen LogP contribution in [0.3, 0.4) is 0 Å². The molecule has 1 aliphatic rings. The molecule has 0 aromatic heterocycles. The second-order valence-electron chi connectivity index (χ2n) is 6.83. The van der Waals surface area contributed by atoms with Crippen molar-refractivity contribution in [2.75, 3.05) is 19.6 Å². The molecule has 0 bridgehead atoms. The van der Waals surface area contributed by atoms with Gasteiger partial charge >= 0.3 is 0 Å². The van der Waals surface area contributed by atoms with Crippen molar-refractivity contribution in [3.63, 3.8) is 0 Å². The molecule has 0 aromatic carbocycles. The Morgan fingerprint density at radius 1 is 1.24 bits per heavy atom. The number of nitrogens with two attached hydrogens (primary N) is 1. The second kappa shape index (κ2) is 6.17. The van der Waals surface area contributed by atoms with Gasteiger partial charge in [0, 0.05) is 19.1 Å². The molecule has 3 atom stereocenters. The second-order valence-corrected chi connectivity index (χ2v) is 6.83. The van der Waals surface area contributed by atoms with Crippen LogP contribution in [0.15, 0.2) is 0 Å². The average Bonchev–Trinajstić information content (AvgIpc) is 2.10. The van der Waals surface area contributed by atoms with E-state index in [1.807, 2.05) is 0 Å². The number of rotatable bonds is 4. The van der Waals surface area contributed by atoms with Crippen LogP contribution in [0.5, 0.6) is 0 Å². The highest BCUT2D eigenvalue weighted by molar-refractivity contribution is 4.77. The number of nitrogens with zero attached hydrogens (tertiary/aromatic N) is 1. The molecule has 3 unspecified atom stereocenters. The molecule has 0 radical (unpaired) electrons. The lowest BCUT2D eigenvalue weighted by Gasteiger charge is -2.36. The van der Waals surface area contributed by atoms with E-state index in [-0.39, 0.29) is 0 Å². The van der Waals surface area contributed by atoms with Crippen molar-refractivity contribution in [2.45, 2.75) is 65.7 Å². The molecule has 1 saturated heterocycles. The number of ether oxygens (including phenoxy) is 1. The lowest BCUT2D eigenvalue weighted by molar-refractivity contribution is -0.0685. The lowest BCUT2D eigenvalue weighted by atomic mass is 9.87. The summed E-state index contributed by atoms with van der Waals surface area (Å²) in [5.41, 5.74) is 6.53. The summed E-state index contributed by atoms with van der Waals surface area (Å²) in [6, 6.07) is 0.323. The average molecular weight is 242 g/mol. The van der Waals surface area contributed by atoms with Crippen molar-refractivity contribution >= 4 is 0 Å². The van der Waals surface area contributed by atoms with Gasteiger partial charge in [-0.15, -0.1) is 0 Å². The van der Waals surface area contributed by atoms with Gasteiger partial charge < -0.3 is 10.5 Å². The molecule has 3 heteroatoms. The molecule has 102 valence electrons. The van der Waals surface area contributed by atoms with Crippen LogP contribution < -0.4 is 5.73 Å². The third-order valence-corrected chi connectivity index (χ3v) is 3.19. The summed E-state index contributed by atoms with van der Waals surface area (Å²) in [7, 11) is 0. The van der Waals surface area contributed by atoms with E-state index >= 15 is 0 Å². The van der Waals surface area contributed by atoms with Gasteiger partial charge in [-0.2, -0.15) is 0 Å². The van der Waals surface area contributed by atoms with Crippen LogP contribution in [0.1, 0.15) is 47.5 Å². The molecule has 1 fully saturated rings. The minimum absolute atomic E-state index is 0.323. The lowest BCUT2D eigenvalue weighted by Crippen LogP contribution is -2.46. The molecule has 0 amide bonds. The molecule has 2 N–H and O–H groups in total. The van der Waals surface area contributed by atoms with E-state index in [9.17, 15) is 0 Å². The summed E-state index contributed by atoms with van der Waals surface area (Å²) in [4.78, 5) is 2.49. The largest absolute Gasteiger partial charge is 0.373 e. The van der Waals surface area contributed by atoms with Crippen molar-refractivity contribution in [1.29, 1.82) is 0 Å². The maximum atomic E-state index is 6.19. The van der Waals surface area contributed by atoms with Crippen LogP contribution >= 0.6 is 0 Å². The van der Waals surface area contributed by atoms with E-state index in [0.717, 1.165) is 32.5 Å². The summed E-state index contributed by atoms with van der Waals surface area (Å²) in [6.45, 7) is 14.3. The Bertz CT molecular complexity index is 215. The fourth-order valence-electron chi connectivity index (χ4n) is 2.70. The monoisotopic (exact) mass is 242 g/mol. The molecule has 17 heavy (non-hydrogen) atoms. The molecule has 0 spiro atoms. The topological polar surface area (TPSA) is 38.5 Å². The normalized spacial score (nSPS) is 29.3. The Hall–Kier alpha value is -0.120. The molecule has 0 saturated carbocycles. The van der Waals surface area contributed by atoms with Crippen LogP contribution in [0.2, 0.25) is 0 Å². The zero-order chi connectivity index (χ0) is 13.1. The zero-order valence-electron chi connectivity index (χ0n) is 12.2. The Morgan fingerprint density at radius 3 is 2.24 bits per heavy atom. The van der Waals surface area contributed by atoms with Crippen molar-refractivity contribution < 1.29 is 4.74 Å². The first-order chi connectivity index (χ1) is 7.76. The SMILES string of the molecule is CC1CN(CCC(N)CC(C)(C)C)CC(C)O1. The van der Waals surface area contributed by atoms with Gasteiger partial charge in [-0.3, -0.25) is 4.90 Å². The van der Waals surface area contributed by atoms with Gasteiger partial charge in [-0.25, -0.2) is 0 Å². The molecule has 1 heterocycles. The van der Waals surface area contributed by atoms with Crippen LogP contribution in [0.25, 0.3) is 0 Å². The quantitative estimate of drug-likeness (QED) is 0.822. The fraction of sp³-hybridized carbons (Fsp3) is 1.00. The van der Waals surface area contributed by atoms with Crippen LogP contribution in [-0.4, -0.2) is 42.8 Å². The third kappa shape index (κ3) is 6.39. The van der Waals surface area contributed by atoms with Crippen LogP contribution in [-0.2, 0) is 4.74 Å². The zero-order valence-corrected chi connectivity index (χ0v) is 12.2. The summed E-state index contributed by atoms with van der Waals surface area (Å²) in [6.07, 6.45) is 2.91. The van der Waals surface area contributed by atoms with Gasteiger partial charge in [0.2, 0.25) is 0 Å². The van der Waals surface area contributed by atoms with E-state index in [1.54, 1.807) is 0 Å². The van der Waals surface area contributed by atoms with Crippen LogP contribution in [0.4, 0.5) is 0 Å². The minimum Gasteiger partial charge on any atom is -0.373 e. The van der Waals surface area contributed by atoms with E-state index in [4.69, 9.17) is 10.5 Å². The number of hydrogen-bond donors (Lipinski definition) is 1. The van der Waals surface area contributed by atoms with Crippen LogP contribution in [0, 0.1) is 5.41 Å². The number of morpholine rings is 1. The molecular weight excluding hydrogens is 212 g/mol. The Balaban J connectivity index is 2.25.